The van der Waals surface area contributed by atoms with Gasteiger partial charge in [0.15, 0.2) is 0 Å². The van der Waals surface area contributed by atoms with Gasteiger partial charge in [-0.25, -0.2) is 0 Å². The molecule has 5 heteroatoms. The van der Waals surface area contributed by atoms with Gasteiger partial charge in [0, 0.05) is 23.4 Å². The van der Waals surface area contributed by atoms with Gasteiger partial charge in [0.1, 0.15) is 5.75 Å². The predicted molar refractivity (Wildman–Crippen MR) is 97.5 cm³/mol. The molecule has 0 unspecified atom stereocenters. The van der Waals surface area contributed by atoms with E-state index in [4.69, 9.17) is 18.6 Å². The molecule has 23 heavy (non-hydrogen) atoms. The number of rotatable bonds is 3. The van der Waals surface area contributed by atoms with Crippen LogP contribution in [-0.4, -0.2) is 17.4 Å². The van der Waals surface area contributed by atoms with Crippen molar-refractivity contribution in [1.29, 1.82) is 0 Å². The van der Waals surface area contributed by atoms with E-state index in [1.165, 1.54) is 11.1 Å². The number of aromatic hydroxyl groups is 1. The summed E-state index contributed by atoms with van der Waals surface area (Å²) in [6.07, 6.45) is 1.75. The van der Waals surface area contributed by atoms with Gasteiger partial charge in [-0.1, -0.05) is 30.3 Å². The van der Waals surface area contributed by atoms with Gasteiger partial charge in [-0.15, -0.1) is 0 Å². The van der Waals surface area contributed by atoms with Gasteiger partial charge >= 0.3 is 35.6 Å². The summed E-state index contributed by atoms with van der Waals surface area (Å²) in [6, 6.07) is 12.2. The molecule has 0 spiro atoms. The summed E-state index contributed by atoms with van der Waals surface area (Å²) >= 11 is -0.556. The Labute approximate surface area is 155 Å². The van der Waals surface area contributed by atoms with E-state index in [9.17, 15) is 5.11 Å². The molecule has 0 saturated heterocycles. The zero-order valence-electron chi connectivity index (χ0n) is 13.8. The van der Waals surface area contributed by atoms with Crippen molar-refractivity contribution < 1.29 is 22.1 Å². The first-order chi connectivity index (χ1) is 10.9. The summed E-state index contributed by atoms with van der Waals surface area (Å²) < 4.78 is 0. The number of phenolic OH excluding ortho intramolecular Hbond substituents is 1. The molecule has 122 valence electrons. The van der Waals surface area contributed by atoms with E-state index in [1.54, 1.807) is 6.21 Å². The first-order valence-corrected chi connectivity index (χ1v) is 11.6. The van der Waals surface area contributed by atoms with Crippen molar-refractivity contribution in [3.63, 3.8) is 0 Å². The fourth-order valence-corrected chi connectivity index (χ4v) is 2.34. The number of para-hydroxylation sites is 1. The van der Waals surface area contributed by atoms with Crippen LogP contribution >= 0.6 is 18.6 Å². The van der Waals surface area contributed by atoms with Crippen LogP contribution in [0.4, 0.5) is 0 Å². The van der Waals surface area contributed by atoms with Gasteiger partial charge in [0.25, 0.3) is 0 Å². The molecule has 0 amide bonds. The number of nitrogens with zero attached hydrogens (tertiary/aromatic N) is 1. The van der Waals surface area contributed by atoms with Crippen LogP contribution in [-0.2, 0) is 17.0 Å². The summed E-state index contributed by atoms with van der Waals surface area (Å²) in [5, 5.41) is 10.5. The van der Waals surface area contributed by atoms with Crippen LogP contribution in [0, 0.1) is 13.8 Å². The Morgan fingerprint density at radius 1 is 1.04 bits per heavy atom. The van der Waals surface area contributed by atoms with Crippen LogP contribution in [0.5, 0.6) is 5.75 Å². The van der Waals surface area contributed by atoms with E-state index in [-0.39, 0.29) is 6.04 Å². The van der Waals surface area contributed by atoms with Crippen LogP contribution in [0.3, 0.4) is 0 Å². The van der Waals surface area contributed by atoms with Gasteiger partial charge in [-0.3, -0.25) is 4.99 Å². The second kappa shape index (κ2) is 10.1. The molecular weight excluding hydrogens is 365 g/mol. The van der Waals surface area contributed by atoms with Gasteiger partial charge in [-0.2, -0.15) is 0 Å². The van der Waals surface area contributed by atoms with E-state index < -0.39 is 17.0 Å². The number of aryl methyl sites for hydroxylation is 2. The van der Waals surface area contributed by atoms with Crippen molar-refractivity contribution in [1.82, 2.24) is 0 Å². The Hall–Kier alpha value is -0.796. The molecule has 2 rings (SSSR count). The number of phenols is 1. The molecule has 0 aliphatic rings. The monoisotopic (exact) mass is 385 g/mol. The molecule has 1 N–H and O–H groups in total. The second-order valence-corrected chi connectivity index (χ2v) is 8.03. The molecule has 2 aromatic rings. The number of benzene rings is 2. The molecule has 0 radical (unpaired) electrons. The van der Waals surface area contributed by atoms with Gasteiger partial charge in [-0.05, 0) is 50.5 Å². The molecule has 0 aliphatic carbocycles. The normalized spacial score (nSPS) is 10.6. The third-order valence-electron chi connectivity index (χ3n) is 3.33. The second-order valence-electron chi connectivity index (χ2n) is 5.45. The minimum atomic E-state index is -0.556. The molecule has 0 heterocycles. The van der Waals surface area contributed by atoms with Gasteiger partial charge in [0.05, 0.1) is 0 Å². The molecule has 0 saturated carbocycles. The molecule has 2 aromatic carbocycles. The van der Waals surface area contributed by atoms with Crippen LogP contribution in [0.15, 0.2) is 41.4 Å². The first-order valence-electron chi connectivity index (χ1n) is 7.30. The van der Waals surface area contributed by atoms with E-state index in [0.717, 1.165) is 16.7 Å². The molecule has 0 atom stereocenters. The van der Waals surface area contributed by atoms with E-state index >= 15 is 0 Å². The average molecular weight is 386 g/mol. The molecule has 0 fully saturated rings. The van der Waals surface area contributed by atoms with Crippen LogP contribution in [0.2, 0.25) is 0 Å². The number of halogens is 2. The first kappa shape index (κ1) is 20.2. The zero-order valence-corrected chi connectivity index (χ0v) is 16.8. The van der Waals surface area contributed by atoms with Crippen LogP contribution in [0.1, 0.15) is 30.5 Å². The molecule has 0 bridgehead atoms. The average Bonchev–Trinajstić information content (AvgIpc) is 2.48. The van der Waals surface area contributed by atoms with E-state index in [2.05, 4.69) is 31.0 Å². The van der Waals surface area contributed by atoms with Crippen LogP contribution < -0.4 is 0 Å². The number of hydrogen-bond acceptors (Lipinski definition) is 2. The summed E-state index contributed by atoms with van der Waals surface area (Å²) in [6.45, 7) is 8.17. The maximum absolute atomic E-state index is 10.5. The SMILES string of the molecule is Cc1cccc(C)c1-c1cccc(C=NC(C)C)c1O.[Cl][Ti][Cl]. The Kier molecular flexibility index (Phi) is 8.94. The molecule has 0 aromatic heterocycles. The van der Waals surface area contributed by atoms with E-state index in [1.807, 2.05) is 38.1 Å². The topological polar surface area (TPSA) is 32.6 Å². The Morgan fingerprint density at radius 2 is 1.57 bits per heavy atom. The fraction of sp³-hybridized carbons (Fsp3) is 0.278. The van der Waals surface area contributed by atoms with Crippen molar-refractivity contribution in [2.24, 2.45) is 4.99 Å². The van der Waals surface area contributed by atoms with Crippen molar-refractivity contribution >= 4 is 24.8 Å². The molecule has 2 nitrogen and oxygen atoms in total. The third-order valence-corrected chi connectivity index (χ3v) is 3.33. The Balaban J connectivity index is 0.000000816. The zero-order chi connectivity index (χ0) is 17.4. The van der Waals surface area contributed by atoms with E-state index in [0.29, 0.717) is 5.75 Å². The molecule has 0 aliphatic heterocycles. The minimum absolute atomic E-state index is 0.221. The Bertz CT molecular complexity index is 652. The molecular formula is C18H21Cl2NOTi. The summed E-state index contributed by atoms with van der Waals surface area (Å²) in [5.41, 5.74) is 5.06. The number of hydrogen-bond donors (Lipinski definition) is 1. The van der Waals surface area contributed by atoms with Gasteiger partial charge in [0.2, 0.25) is 0 Å². The van der Waals surface area contributed by atoms with Crippen molar-refractivity contribution in [2.45, 2.75) is 33.7 Å². The maximum atomic E-state index is 10.5. The third kappa shape index (κ3) is 5.97. The summed E-state index contributed by atoms with van der Waals surface area (Å²) in [7, 11) is 9.78. The summed E-state index contributed by atoms with van der Waals surface area (Å²) in [4.78, 5) is 4.35. The Morgan fingerprint density at radius 3 is 2.09 bits per heavy atom. The fourth-order valence-electron chi connectivity index (χ4n) is 2.34. The van der Waals surface area contributed by atoms with Crippen molar-refractivity contribution in [2.75, 3.05) is 0 Å². The van der Waals surface area contributed by atoms with Crippen molar-refractivity contribution in [3.8, 4) is 16.9 Å². The predicted octanol–water partition coefficient (Wildman–Crippen LogP) is 5.88. The number of aliphatic imine (C=N–C) groups is 1. The van der Waals surface area contributed by atoms with Gasteiger partial charge < -0.3 is 5.11 Å². The van der Waals surface area contributed by atoms with Crippen LogP contribution in [0.25, 0.3) is 11.1 Å². The quantitative estimate of drug-likeness (QED) is 0.519. The standard InChI is InChI=1S/C18H21NO.2ClH.Ti/c1-12(2)19-11-15-9-6-10-16(18(15)20)17-13(3)7-5-8-14(17)4;;;/h5-12,20H,1-4H3;2*1H;/q;;;+2/p-2. The summed E-state index contributed by atoms with van der Waals surface area (Å²) in [5.74, 6) is 0.300. The van der Waals surface area contributed by atoms with Crippen molar-refractivity contribution in [3.05, 3.63) is 53.1 Å².